The first-order valence-electron chi connectivity index (χ1n) is 7.76. The molecule has 130 valence electrons. The minimum absolute atomic E-state index is 0.0242. The third-order valence-corrected chi connectivity index (χ3v) is 9.39. The van der Waals surface area contributed by atoms with Crippen LogP contribution in [0.4, 0.5) is 0 Å². The van der Waals surface area contributed by atoms with E-state index >= 15 is 0 Å². The zero-order chi connectivity index (χ0) is 16.4. The van der Waals surface area contributed by atoms with Crippen LogP contribution in [0.3, 0.4) is 0 Å². The van der Waals surface area contributed by atoms with Gasteiger partial charge in [0.25, 0.3) is 0 Å². The van der Waals surface area contributed by atoms with Gasteiger partial charge in [-0.25, -0.2) is 0 Å². The van der Waals surface area contributed by atoms with Gasteiger partial charge in [0, 0.05) is 39.9 Å². The van der Waals surface area contributed by atoms with Crippen LogP contribution in [0.2, 0.25) is 6.04 Å². The average molecular weight is 353 g/mol. The first-order chi connectivity index (χ1) is 10.3. The van der Waals surface area contributed by atoms with Crippen molar-refractivity contribution in [2.75, 3.05) is 40.0 Å². The van der Waals surface area contributed by atoms with Crippen LogP contribution >= 0.6 is 7.60 Å². The predicted molar refractivity (Wildman–Crippen MR) is 85.1 cm³/mol. The highest BCUT2D eigenvalue weighted by Crippen LogP contribution is 2.48. The predicted octanol–water partition coefficient (Wildman–Crippen LogP) is 1.96. The smallest absolute Gasteiger partial charge is 0.369 e. The summed E-state index contributed by atoms with van der Waals surface area (Å²) >= 11 is 0. The molecule has 0 aromatic rings. The van der Waals surface area contributed by atoms with Crippen LogP contribution in [-0.4, -0.2) is 72.0 Å². The number of hydrogen-bond donors (Lipinski definition) is 0. The highest BCUT2D eigenvalue weighted by molar-refractivity contribution is 7.53. The lowest BCUT2D eigenvalue weighted by atomic mass is 10.2. The number of nitrogens with zero attached hydrogens (tertiary/aromatic N) is 1. The molecular weight excluding hydrogens is 325 g/mol. The van der Waals surface area contributed by atoms with Gasteiger partial charge < -0.3 is 22.3 Å². The van der Waals surface area contributed by atoms with Crippen molar-refractivity contribution in [3.05, 3.63) is 0 Å². The molecule has 3 fully saturated rings. The van der Waals surface area contributed by atoms with E-state index < -0.39 is 16.4 Å². The summed E-state index contributed by atoms with van der Waals surface area (Å²) in [6, 6.07) is 0.435. The minimum Gasteiger partial charge on any atom is -0.369 e. The molecule has 3 atom stereocenters. The lowest BCUT2D eigenvalue weighted by Gasteiger charge is -2.45. The Hall–Kier alpha value is 0.207. The SMILES string of the molecule is COP(=O)(CC[Si]12OC(C)CN(CC(C)O1)CC(C)O2)OC. The van der Waals surface area contributed by atoms with Crippen molar-refractivity contribution in [2.45, 2.75) is 45.1 Å². The summed E-state index contributed by atoms with van der Waals surface area (Å²) in [7, 11) is -3.23. The van der Waals surface area contributed by atoms with E-state index in [2.05, 4.69) is 4.90 Å². The Bertz CT molecular complexity index is 381. The standard InChI is InChI=1S/C13H28NO6PSi/c1-11-8-14-9-12(2)19-22(18-11,20-13(3)10-14)7-6-21(15,16-4)17-5/h11-13H,6-10H2,1-5H3. The molecule has 0 saturated carbocycles. The molecule has 0 spiro atoms. The topological polar surface area (TPSA) is 66.5 Å². The van der Waals surface area contributed by atoms with E-state index in [4.69, 9.17) is 22.3 Å². The summed E-state index contributed by atoms with van der Waals surface area (Å²) in [5.74, 6) is 0. The van der Waals surface area contributed by atoms with Gasteiger partial charge in [-0.3, -0.25) is 9.46 Å². The number of fused-ring (bicyclic) bond motifs is 6. The van der Waals surface area contributed by atoms with E-state index in [1.807, 2.05) is 20.8 Å². The van der Waals surface area contributed by atoms with E-state index in [1.54, 1.807) is 0 Å². The van der Waals surface area contributed by atoms with Crippen LogP contribution in [0.5, 0.6) is 0 Å². The van der Waals surface area contributed by atoms with Gasteiger partial charge in [0.05, 0.1) is 24.5 Å². The summed E-state index contributed by atoms with van der Waals surface area (Å²) < 4.78 is 41.0. The van der Waals surface area contributed by atoms with E-state index in [9.17, 15) is 4.57 Å². The summed E-state index contributed by atoms with van der Waals surface area (Å²) in [5, 5.41) is 0. The van der Waals surface area contributed by atoms with E-state index in [0.29, 0.717) is 6.04 Å². The lowest BCUT2D eigenvalue weighted by molar-refractivity contribution is -0.0783. The van der Waals surface area contributed by atoms with Crippen molar-refractivity contribution in [3.8, 4) is 0 Å². The third-order valence-electron chi connectivity index (χ3n) is 3.94. The molecule has 0 aromatic heterocycles. The Balaban J connectivity index is 2.19. The fraction of sp³-hybridized carbons (Fsp3) is 1.00. The second kappa shape index (κ2) is 7.40. The van der Waals surface area contributed by atoms with E-state index in [0.717, 1.165) is 19.6 Å². The second-order valence-corrected chi connectivity index (χ2v) is 11.1. The van der Waals surface area contributed by atoms with Crippen LogP contribution in [0.25, 0.3) is 0 Å². The molecule has 22 heavy (non-hydrogen) atoms. The molecule has 3 aliphatic rings. The molecule has 7 nitrogen and oxygen atoms in total. The molecule has 0 aliphatic carbocycles. The molecule has 3 rings (SSSR count). The van der Waals surface area contributed by atoms with E-state index in [-0.39, 0.29) is 24.5 Å². The first kappa shape index (κ1) is 18.5. The van der Waals surface area contributed by atoms with Crippen LogP contribution in [0, 0.1) is 0 Å². The second-order valence-electron chi connectivity index (χ2n) is 6.14. The highest BCUT2D eigenvalue weighted by Gasteiger charge is 2.50. The summed E-state index contributed by atoms with van der Waals surface area (Å²) in [6.07, 6.45) is 0.311. The van der Waals surface area contributed by atoms with Gasteiger partial charge in [0.2, 0.25) is 0 Å². The van der Waals surface area contributed by atoms with Crippen LogP contribution in [-0.2, 0) is 26.9 Å². The van der Waals surface area contributed by atoms with Crippen molar-refractivity contribution in [1.29, 1.82) is 0 Å². The summed E-state index contributed by atoms with van der Waals surface area (Å²) in [5.41, 5.74) is 0. The van der Waals surface area contributed by atoms with Crippen LogP contribution in [0.15, 0.2) is 0 Å². The van der Waals surface area contributed by atoms with Crippen LogP contribution in [0.1, 0.15) is 20.8 Å². The largest absolute Gasteiger partial charge is 0.502 e. The fourth-order valence-corrected chi connectivity index (χ4v) is 8.42. The minimum atomic E-state index is -3.10. The molecule has 0 N–H and O–H groups in total. The molecular formula is C13H28NO6PSi. The monoisotopic (exact) mass is 353 g/mol. The Kier molecular flexibility index (Phi) is 6.24. The Labute approximate surface area is 134 Å². The molecule has 2 bridgehead atoms. The van der Waals surface area contributed by atoms with E-state index in [1.165, 1.54) is 14.2 Å². The van der Waals surface area contributed by atoms with Gasteiger partial charge in [-0.15, -0.1) is 0 Å². The molecule has 0 amide bonds. The maximum absolute atomic E-state index is 12.4. The maximum Gasteiger partial charge on any atom is 0.502 e. The maximum atomic E-state index is 12.4. The van der Waals surface area contributed by atoms with Crippen molar-refractivity contribution in [3.63, 3.8) is 0 Å². The van der Waals surface area contributed by atoms with Gasteiger partial charge in [0.15, 0.2) is 0 Å². The average Bonchev–Trinajstić information content (AvgIpc) is 2.41. The molecule has 0 radical (unpaired) electrons. The summed E-state index contributed by atoms with van der Waals surface area (Å²) in [6.45, 7) is 8.67. The molecule has 3 unspecified atom stereocenters. The molecule has 3 aliphatic heterocycles. The molecule has 3 heterocycles. The first-order valence-corrected chi connectivity index (χ1v) is 11.4. The lowest BCUT2D eigenvalue weighted by Crippen LogP contribution is -2.61. The quantitative estimate of drug-likeness (QED) is 0.553. The highest BCUT2D eigenvalue weighted by atomic mass is 31.2. The van der Waals surface area contributed by atoms with Gasteiger partial charge in [0.1, 0.15) is 0 Å². The molecule has 3 saturated heterocycles. The number of rotatable bonds is 5. The van der Waals surface area contributed by atoms with Crippen molar-refractivity contribution >= 4 is 16.4 Å². The van der Waals surface area contributed by atoms with Crippen molar-refractivity contribution in [2.24, 2.45) is 0 Å². The zero-order valence-electron chi connectivity index (χ0n) is 14.1. The number of hydrogen-bond acceptors (Lipinski definition) is 7. The van der Waals surface area contributed by atoms with Gasteiger partial charge in [-0.2, -0.15) is 0 Å². The van der Waals surface area contributed by atoms with Gasteiger partial charge in [-0.1, -0.05) is 0 Å². The zero-order valence-corrected chi connectivity index (χ0v) is 16.0. The summed E-state index contributed by atoms with van der Waals surface area (Å²) in [4.78, 5) is 2.31. The third kappa shape index (κ3) is 4.61. The normalized spacial score (nSPS) is 40.0. The Morgan fingerprint density at radius 3 is 1.77 bits per heavy atom. The molecule has 9 heteroatoms. The Morgan fingerprint density at radius 2 is 1.41 bits per heavy atom. The van der Waals surface area contributed by atoms with Crippen molar-refractivity contribution in [1.82, 2.24) is 4.90 Å². The molecule has 0 aromatic carbocycles. The van der Waals surface area contributed by atoms with Gasteiger partial charge >= 0.3 is 16.4 Å². The fourth-order valence-electron chi connectivity index (χ4n) is 3.14. The van der Waals surface area contributed by atoms with Crippen molar-refractivity contribution < 1.29 is 26.9 Å². The van der Waals surface area contributed by atoms with Crippen LogP contribution < -0.4 is 0 Å². The Morgan fingerprint density at radius 1 is 1.00 bits per heavy atom. The van der Waals surface area contributed by atoms with Gasteiger partial charge in [-0.05, 0) is 20.8 Å².